The maximum atomic E-state index is 12.8. The topological polar surface area (TPSA) is 78.9 Å². The Morgan fingerprint density at radius 3 is 1.02 bits per heavy atom. The van der Waals surface area contributed by atoms with E-state index in [1.807, 2.05) is 0 Å². The summed E-state index contributed by atoms with van der Waals surface area (Å²) in [5, 5.41) is 0. The van der Waals surface area contributed by atoms with Gasteiger partial charge in [0.1, 0.15) is 13.2 Å². The van der Waals surface area contributed by atoms with Crippen LogP contribution >= 0.6 is 0 Å². The van der Waals surface area contributed by atoms with Crippen LogP contribution in [0.1, 0.15) is 233 Å². The number of unbranched alkanes of at least 4 members (excludes halogenated alkanes) is 20. The van der Waals surface area contributed by atoms with Crippen molar-refractivity contribution in [3.63, 3.8) is 0 Å². The molecule has 0 aromatic rings. The Hall–Kier alpha value is -3.41. The predicted octanol–water partition coefficient (Wildman–Crippen LogP) is 16.8. The van der Waals surface area contributed by atoms with Gasteiger partial charge in [0.25, 0.3) is 0 Å². The fourth-order valence-corrected chi connectivity index (χ4v) is 6.79. The van der Waals surface area contributed by atoms with Crippen molar-refractivity contribution in [1.29, 1.82) is 0 Å². The van der Waals surface area contributed by atoms with Gasteiger partial charge in [-0.25, -0.2) is 0 Å². The number of allylic oxidation sites excluding steroid dienone is 14. The molecule has 0 heterocycles. The van der Waals surface area contributed by atoms with Gasteiger partial charge >= 0.3 is 17.9 Å². The van der Waals surface area contributed by atoms with Gasteiger partial charge in [0.05, 0.1) is 0 Å². The second-order valence-corrected chi connectivity index (χ2v) is 16.7. The molecule has 0 saturated heterocycles. The summed E-state index contributed by atoms with van der Waals surface area (Å²) in [6.45, 7) is 6.42. The van der Waals surface area contributed by atoms with Gasteiger partial charge in [-0.15, -0.1) is 0 Å². The molecule has 0 spiro atoms. The molecule has 0 aliphatic heterocycles. The summed E-state index contributed by atoms with van der Waals surface area (Å²) in [6.07, 6.45) is 64.2. The number of hydrogen-bond donors (Lipinski definition) is 0. The van der Waals surface area contributed by atoms with Crippen molar-refractivity contribution in [2.24, 2.45) is 0 Å². The number of rotatable bonds is 45. The van der Waals surface area contributed by atoms with Gasteiger partial charge < -0.3 is 14.2 Å². The quantitative estimate of drug-likeness (QED) is 0.0263. The van der Waals surface area contributed by atoms with E-state index in [0.717, 1.165) is 89.9 Å². The molecule has 0 aliphatic carbocycles. The van der Waals surface area contributed by atoms with E-state index in [9.17, 15) is 14.4 Å². The highest BCUT2D eigenvalue weighted by Crippen LogP contribution is 2.14. The Labute approximate surface area is 382 Å². The molecular weight excluding hydrogens is 769 g/mol. The van der Waals surface area contributed by atoms with Crippen molar-refractivity contribution in [3.8, 4) is 0 Å². The molecule has 0 amide bonds. The average Bonchev–Trinajstić information content (AvgIpc) is 3.27. The molecule has 354 valence electrons. The molecule has 0 saturated carbocycles. The summed E-state index contributed by atoms with van der Waals surface area (Å²) in [6, 6.07) is 0. The molecular formula is C56H94O6. The molecule has 62 heavy (non-hydrogen) atoms. The van der Waals surface area contributed by atoms with Crippen LogP contribution < -0.4 is 0 Å². The molecule has 0 N–H and O–H groups in total. The van der Waals surface area contributed by atoms with Gasteiger partial charge in [-0.1, -0.05) is 202 Å². The number of esters is 3. The lowest BCUT2D eigenvalue weighted by Crippen LogP contribution is -2.30. The van der Waals surface area contributed by atoms with Crippen molar-refractivity contribution in [2.45, 2.75) is 239 Å². The van der Waals surface area contributed by atoms with E-state index >= 15 is 0 Å². The second-order valence-electron chi connectivity index (χ2n) is 16.7. The van der Waals surface area contributed by atoms with E-state index < -0.39 is 6.10 Å². The van der Waals surface area contributed by atoms with Gasteiger partial charge in [0.15, 0.2) is 6.10 Å². The van der Waals surface area contributed by atoms with E-state index in [1.54, 1.807) is 0 Å². The van der Waals surface area contributed by atoms with Gasteiger partial charge in [0.2, 0.25) is 0 Å². The van der Waals surface area contributed by atoms with E-state index in [-0.39, 0.29) is 37.5 Å². The molecule has 6 heteroatoms. The lowest BCUT2D eigenvalue weighted by Gasteiger charge is -2.18. The predicted molar refractivity (Wildman–Crippen MR) is 265 cm³/mol. The summed E-state index contributed by atoms with van der Waals surface area (Å²) < 4.78 is 16.7. The number of carbonyl (C=O) groups is 3. The number of carbonyl (C=O) groups excluding carboxylic acids is 3. The van der Waals surface area contributed by atoms with Gasteiger partial charge in [0, 0.05) is 19.3 Å². The zero-order valence-corrected chi connectivity index (χ0v) is 40.4. The normalized spacial score (nSPS) is 12.8. The first-order valence-corrected chi connectivity index (χ1v) is 25.6. The Morgan fingerprint density at radius 2 is 0.629 bits per heavy atom. The Morgan fingerprint density at radius 1 is 0.339 bits per heavy atom. The third-order valence-electron chi connectivity index (χ3n) is 10.6. The summed E-state index contributed by atoms with van der Waals surface area (Å²) in [7, 11) is 0. The van der Waals surface area contributed by atoms with E-state index in [1.165, 1.54) is 96.3 Å². The van der Waals surface area contributed by atoms with E-state index in [2.05, 4.69) is 106 Å². The molecule has 0 unspecified atom stereocenters. The zero-order chi connectivity index (χ0) is 45.1. The maximum Gasteiger partial charge on any atom is 0.306 e. The first-order valence-electron chi connectivity index (χ1n) is 25.6. The minimum Gasteiger partial charge on any atom is -0.462 e. The lowest BCUT2D eigenvalue weighted by atomic mass is 10.0. The third kappa shape index (κ3) is 47.6. The maximum absolute atomic E-state index is 12.8. The van der Waals surface area contributed by atoms with Crippen LogP contribution in [0.25, 0.3) is 0 Å². The van der Waals surface area contributed by atoms with Crippen molar-refractivity contribution < 1.29 is 28.6 Å². The minimum atomic E-state index is -0.811. The van der Waals surface area contributed by atoms with Crippen LogP contribution in [0.4, 0.5) is 0 Å². The van der Waals surface area contributed by atoms with Crippen molar-refractivity contribution in [1.82, 2.24) is 0 Å². The van der Waals surface area contributed by atoms with Crippen LogP contribution in [-0.2, 0) is 28.6 Å². The zero-order valence-electron chi connectivity index (χ0n) is 40.4. The molecule has 0 aliphatic rings. The Kier molecular flexibility index (Phi) is 47.5. The molecule has 0 fully saturated rings. The molecule has 6 nitrogen and oxygen atoms in total. The van der Waals surface area contributed by atoms with Crippen molar-refractivity contribution >= 4 is 17.9 Å². The van der Waals surface area contributed by atoms with Gasteiger partial charge in [-0.05, 0) is 96.3 Å². The summed E-state index contributed by atoms with van der Waals surface area (Å²) in [5.41, 5.74) is 0. The largest absolute Gasteiger partial charge is 0.462 e. The summed E-state index contributed by atoms with van der Waals surface area (Å²) in [4.78, 5) is 37.9. The van der Waals surface area contributed by atoms with Crippen LogP contribution in [0.3, 0.4) is 0 Å². The summed E-state index contributed by atoms with van der Waals surface area (Å²) in [5.74, 6) is -0.986. The van der Waals surface area contributed by atoms with Crippen molar-refractivity contribution in [3.05, 3.63) is 85.1 Å². The van der Waals surface area contributed by atoms with Crippen LogP contribution in [0.2, 0.25) is 0 Å². The molecule has 0 rings (SSSR count). The monoisotopic (exact) mass is 863 g/mol. The summed E-state index contributed by atoms with van der Waals surface area (Å²) >= 11 is 0. The third-order valence-corrected chi connectivity index (χ3v) is 10.6. The van der Waals surface area contributed by atoms with Crippen LogP contribution in [0, 0.1) is 0 Å². The van der Waals surface area contributed by atoms with Crippen LogP contribution in [0.15, 0.2) is 85.1 Å². The molecule has 0 radical (unpaired) electrons. The smallest absolute Gasteiger partial charge is 0.306 e. The Bertz CT molecular complexity index is 1220. The first kappa shape index (κ1) is 58.6. The average molecular weight is 863 g/mol. The van der Waals surface area contributed by atoms with Gasteiger partial charge in [-0.3, -0.25) is 14.4 Å². The minimum absolute atomic E-state index is 0.104. The van der Waals surface area contributed by atoms with Crippen molar-refractivity contribution in [2.75, 3.05) is 13.2 Å². The fraction of sp³-hybridized carbons (Fsp3) is 0.696. The van der Waals surface area contributed by atoms with E-state index in [0.29, 0.717) is 19.3 Å². The fourth-order valence-electron chi connectivity index (χ4n) is 6.79. The van der Waals surface area contributed by atoms with Crippen LogP contribution in [-0.4, -0.2) is 37.2 Å². The Balaban J connectivity index is 4.51. The molecule has 0 bridgehead atoms. The highest BCUT2D eigenvalue weighted by molar-refractivity contribution is 5.71. The molecule has 0 aromatic heterocycles. The lowest BCUT2D eigenvalue weighted by molar-refractivity contribution is -0.167. The number of ether oxygens (including phenoxy) is 3. The standard InChI is InChI=1S/C56H94O6/c1-4-7-10-13-16-19-22-25-28-31-34-37-40-43-46-49-55(58)61-52-53(51-60-54(57)48-45-42-39-36-33-30-27-24-21-18-15-12-9-6-3)62-56(59)50-47-44-41-38-35-32-29-26-23-20-17-14-11-8-5-2/h7,10,16-17,19-20,25-26,28-29,34-35,37-38,53H,4-6,8-9,11-15,18,21-24,27,30-33,36,39-52H2,1-3H3/b10-7-,19-16-,20-17-,28-25-,29-26-,37-34-,38-35-/t53-/m1/s1. The van der Waals surface area contributed by atoms with Crippen LogP contribution in [0.5, 0.6) is 0 Å². The molecule has 1 atom stereocenters. The SMILES string of the molecule is CC/C=C\C/C=C\C/C=C\C/C=C\CCCCC(=O)OC[C@@H](COC(=O)CCCCCCCCCCCCCCCC)OC(=O)CCCC/C=C\C/C=C\C/C=C\CCCCC. The van der Waals surface area contributed by atoms with E-state index in [4.69, 9.17) is 14.2 Å². The van der Waals surface area contributed by atoms with Gasteiger partial charge in [-0.2, -0.15) is 0 Å². The highest BCUT2D eigenvalue weighted by Gasteiger charge is 2.19. The highest BCUT2D eigenvalue weighted by atomic mass is 16.6. The second kappa shape index (κ2) is 50.2. The number of hydrogen-bond acceptors (Lipinski definition) is 6. The molecule has 0 aromatic carbocycles. The first-order chi connectivity index (χ1) is 30.5.